The van der Waals surface area contributed by atoms with Crippen molar-refractivity contribution >= 4 is 0 Å². The van der Waals surface area contributed by atoms with Gasteiger partial charge in [-0.3, -0.25) is 0 Å². The van der Waals surface area contributed by atoms with Crippen molar-refractivity contribution in [1.82, 2.24) is 0 Å². The van der Waals surface area contributed by atoms with Crippen LogP contribution >= 0.6 is 0 Å². The molecule has 0 spiro atoms. The van der Waals surface area contributed by atoms with Gasteiger partial charge >= 0.3 is 0 Å². The molecular weight excluding hydrogens is 146 g/mol. The molecule has 1 saturated heterocycles. The van der Waals surface area contributed by atoms with Gasteiger partial charge in [0.25, 0.3) is 0 Å². The average Bonchev–Trinajstić information content (AvgIpc) is 2.35. The van der Waals surface area contributed by atoms with Crippen molar-refractivity contribution in [3.05, 3.63) is 12.7 Å². The van der Waals surface area contributed by atoms with Crippen molar-refractivity contribution in [1.29, 1.82) is 0 Å². The Labute approximate surface area is 76.7 Å². The fourth-order valence-corrected chi connectivity index (χ4v) is 2.55. The zero-order valence-corrected chi connectivity index (χ0v) is 8.55. The van der Waals surface area contributed by atoms with E-state index in [0.717, 1.165) is 6.04 Å². The molecule has 0 amide bonds. The summed E-state index contributed by atoms with van der Waals surface area (Å²) < 4.78 is 1.29. The number of hydrogen-bond acceptors (Lipinski definition) is 0. The van der Waals surface area contributed by atoms with Crippen molar-refractivity contribution in [2.24, 2.45) is 0 Å². The molecule has 0 aromatic heterocycles. The second-order valence-electron chi connectivity index (χ2n) is 4.25. The smallest absolute Gasteiger partial charge is 0.0925 e. The molecule has 1 heterocycles. The molecule has 0 radical (unpaired) electrons. The fraction of sp³-hybridized carbons (Fsp3) is 0.818. The summed E-state index contributed by atoms with van der Waals surface area (Å²) in [6, 6.07) is 0.863. The molecule has 0 bridgehead atoms. The van der Waals surface area contributed by atoms with Crippen LogP contribution in [0.4, 0.5) is 0 Å². The maximum Gasteiger partial charge on any atom is 0.0925 e. The molecule has 2 atom stereocenters. The van der Waals surface area contributed by atoms with Crippen LogP contribution in [0.1, 0.15) is 32.6 Å². The number of quaternary nitrogens is 1. The molecule has 0 N–H and O–H groups in total. The van der Waals surface area contributed by atoms with Crippen LogP contribution in [0.5, 0.6) is 0 Å². The summed E-state index contributed by atoms with van der Waals surface area (Å²) in [6.07, 6.45) is 7.42. The van der Waals surface area contributed by atoms with E-state index in [-0.39, 0.29) is 0 Å². The van der Waals surface area contributed by atoms with Crippen molar-refractivity contribution in [2.75, 3.05) is 20.1 Å². The molecule has 1 nitrogen and oxygen atoms in total. The Morgan fingerprint density at radius 2 is 2.33 bits per heavy atom. The molecule has 12 heavy (non-hydrogen) atoms. The van der Waals surface area contributed by atoms with Crippen LogP contribution in [0.15, 0.2) is 12.7 Å². The Kier molecular flexibility index (Phi) is 3.33. The highest BCUT2D eigenvalue weighted by Crippen LogP contribution is 2.27. The van der Waals surface area contributed by atoms with Crippen LogP contribution in [-0.4, -0.2) is 30.7 Å². The minimum atomic E-state index is 0.863. The molecule has 1 heteroatoms. The topological polar surface area (TPSA) is 0 Å². The van der Waals surface area contributed by atoms with E-state index in [1.807, 2.05) is 0 Å². The van der Waals surface area contributed by atoms with Crippen LogP contribution in [0.25, 0.3) is 0 Å². The van der Waals surface area contributed by atoms with Gasteiger partial charge < -0.3 is 4.48 Å². The van der Waals surface area contributed by atoms with Crippen LogP contribution in [0.3, 0.4) is 0 Å². The third-order valence-electron chi connectivity index (χ3n) is 3.26. The van der Waals surface area contributed by atoms with E-state index >= 15 is 0 Å². The van der Waals surface area contributed by atoms with E-state index < -0.39 is 0 Å². The lowest BCUT2D eigenvalue weighted by Gasteiger charge is -2.35. The van der Waals surface area contributed by atoms with Gasteiger partial charge in [0.1, 0.15) is 0 Å². The largest absolute Gasteiger partial charge is 0.323 e. The Bertz CT molecular complexity index is 153. The quantitative estimate of drug-likeness (QED) is 0.447. The van der Waals surface area contributed by atoms with Gasteiger partial charge in [0.15, 0.2) is 0 Å². The van der Waals surface area contributed by atoms with Gasteiger partial charge in [-0.05, 0) is 6.42 Å². The van der Waals surface area contributed by atoms with Crippen molar-refractivity contribution in [2.45, 2.75) is 38.6 Å². The molecular formula is C11H22N+. The SMILES string of the molecule is C=CCC1CCC[N+]1(C)CCC. The van der Waals surface area contributed by atoms with E-state index in [2.05, 4.69) is 26.6 Å². The van der Waals surface area contributed by atoms with Crippen LogP contribution in [0, 0.1) is 0 Å². The highest BCUT2D eigenvalue weighted by molar-refractivity contribution is 4.77. The van der Waals surface area contributed by atoms with E-state index in [0.29, 0.717) is 0 Å². The van der Waals surface area contributed by atoms with E-state index in [1.54, 1.807) is 0 Å². The minimum Gasteiger partial charge on any atom is -0.323 e. The molecule has 0 aromatic rings. The van der Waals surface area contributed by atoms with Crippen molar-refractivity contribution in [3.63, 3.8) is 0 Å². The van der Waals surface area contributed by atoms with Gasteiger partial charge in [0.2, 0.25) is 0 Å². The molecule has 0 aliphatic carbocycles. The average molecular weight is 168 g/mol. The first-order chi connectivity index (χ1) is 5.73. The fourth-order valence-electron chi connectivity index (χ4n) is 2.55. The number of likely N-dealkylation sites (tertiary alicyclic amines) is 1. The van der Waals surface area contributed by atoms with Crippen molar-refractivity contribution in [3.8, 4) is 0 Å². The minimum absolute atomic E-state index is 0.863. The van der Waals surface area contributed by atoms with E-state index in [1.165, 1.54) is 43.3 Å². The Hall–Kier alpha value is -0.300. The second-order valence-corrected chi connectivity index (χ2v) is 4.25. The molecule has 0 saturated carbocycles. The molecule has 0 aromatic carbocycles. The lowest BCUT2D eigenvalue weighted by atomic mass is 10.1. The molecule has 1 rings (SSSR count). The van der Waals surface area contributed by atoms with Gasteiger partial charge in [0, 0.05) is 19.3 Å². The second kappa shape index (κ2) is 4.08. The van der Waals surface area contributed by atoms with E-state index in [9.17, 15) is 0 Å². The summed E-state index contributed by atoms with van der Waals surface area (Å²) >= 11 is 0. The first kappa shape index (κ1) is 9.79. The summed E-state index contributed by atoms with van der Waals surface area (Å²) in [4.78, 5) is 0. The number of hydrogen-bond donors (Lipinski definition) is 0. The Morgan fingerprint density at radius 1 is 1.58 bits per heavy atom. The molecule has 70 valence electrons. The first-order valence-electron chi connectivity index (χ1n) is 5.18. The number of nitrogens with zero attached hydrogens (tertiary/aromatic N) is 1. The maximum atomic E-state index is 3.84. The monoisotopic (exact) mass is 168 g/mol. The highest BCUT2D eigenvalue weighted by atomic mass is 15.4. The highest BCUT2D eigenvalue weighted by Gasteiger charge is 2.35. The van der Waals surface area contributed by atoms with Gasteiger partial charge in [0.05, 0.1) is 26.2 Å². The van der Waals surface area contributed by atoms with Gasteiger partial charge in [-0.2, -0.15) is 0 Å². The lowest BCUT2D eigenvalue weighted by molar-refractivity contribution is -0.920. The van der Waals surface area contributed by atoms with Gasteiger partial charge in [-0.25, -0.2) is 0 Å². The zero-order chi connectivity index (χ0) is 9.03. The Balaban J connectivity index is 2.53. The van der Waals surface area contributed by atoms with Crippen LogP contribution in [-0.2, 0) is 0 Å². The summed E-state index contributed by atoms with van der Waals surface area (Å²) in [5.74, 6) is 0. The van der Waals surface area contributed by atoms with E-state index in [4.69, 9.17) is 0 Å². The van der Waals surface area contributed by atoms with Gasteiger partial charge in [-0.15, -0.1) is 6.58 Å². The summed E-state index contributed by atoms with van der Waals surface area (Å²) in [6.45, 7) is 8.85. The maximum absolute atomic E-state index is 3.84. The molecule has 1 aliphatic heterocycles. The summed E-state index contributed by atoms with van der Waals surface area (Å²) in [5.41, 5.74) is 0. The molecule has 1 aliphatic rings. The summed E-state index contributed by atoms with van der Waals surface area (Å²) in [7, 11) is 2.41. The third-order valence-corrected chi connectivity index (χ3v) is 3.26. The summed E-state index contributed by atoms with van der Waals surface area (Å²) in [5, 5.41) is 0. The standard InChI is InChI=1S/C11H22N/c1-4-7-11-8-6-10-12(11,3)9-5-2/h4,11H,1,5-10H2,2-3H3/q+1. The zero-order valence-electron chi connectivity index (χ0n) is 8.55. The van der Waals surface area contributed by atoms with Crippen LogP contribution < -0.4 is 0 Å². The van der Waals surface area contributed by atoms with Crippen LogP contribution in [0.2, 0.25) is 0 Å². The molecule has 2 unspecified atom stereocenters. The number of rotatable bonds is 4. The first-order valence-corrected chi connectivity index (χ1v) is 5.18. The predicted octanol–water partition coefficient (Wildman–Crippen LogP) is 2.58. The Morgan fingerprint density at radius 3 is 2.92 bits per heavy atom. The predicted molar refractivity (Wildman–Crippen MR) is 54.0 cm³/mol. The van der Waals surface area contributed by atoms with Crippen molar-refractivity contribution < 1.29 is 4.48 Å². The lowest BCUT2D eigenvalue weighted by Crippen LogP contribution is -2.48. The molecule has 1 fully saturated rings. The third kappa shape index (κ3) is 1.89. The normalized spacial score (nSPS) is 35.3. The van der Waals surface area contributed by atoms with Gasteiger partial charge in [-0.1, -0.05) is 13.0 Å².